The molecule has 0 aliphatic carbocycles. The minimum absolute atomic E-state index is 0.253. The molecule has 0 saturated heterocycles. The van der Waals surface area contributed by atoms with Crippen LogP contribution in [0.25, 0.3) is 0 Å². The highest BCUT2D eigenvalue weighted by atomic mass is 35.5. The largest absolute Gasteiger partial charge is 0.334 e. The van der Waals surface area contributed by atoms with E-state index in [0.29, 0.717) is 16.3 Å². The van der Waals surface area contributed by atoms with E-state index in [1.54, 1.807) is 30.3 Å². The van der Waals surface area contributed by atoms with Crippen molar-refractivity contribution in [3.8, 4) is 0 Å². The molecule has 3 nitrogen and oxygen atoms in total. The predicted molar refractivity (Wildman–Crippen MR) is 78.4 cm³/mol. The molecule has 2 rings (SSSR count). The van der Waals surface area contributed by atoms with Crippen LogP contribution in [0.4, 0.5) is 14.9 Å². The van der Waals surface area contributed by atoms with Crippen molar-refractivity contribution in [1.82, 2.24) is 5.32 Å². The van der Waals surface area contributed by atoms with Gasteiger partial charge in [0.25, 0.3) is 0 Å². The van der Waals surface area contributed by atoms with Gasteiger partial charge in [-0.05, 0) is 42.3 Å². The number of hydrogen-bond donors (Lipinski definition) is 2. The topological polar surface area (TPSA) is 41.1 Å². The Labute approximate surface area is 121 Å². The van der Waals surface area contributed by atoms with Crippen molar-refractivity contribution in [3.05, 3.63) is 64.4 Å². The molecule has 5 heteroatoms. The lowest BCUT2D eigenvalue weighted by Crippen LogP contribution is -2.28. The lowest BCUT2D eigenvalue weighted by Gasteiger charge is -2.10. The van der Waals surface area contributed by atoms with Gasteiger partial charge in [-0.3, -0.25) is 0 Å². The number of benzene rings is 2. The molecule has 20 heavy (non-hydrogen) atoms. The van der Waals surface area contributed by atoms with Gasteiger partial charge in [0.2, 0.25) is 0 Å². The minimum atomic E-state index is -0.361. The summed E-state index contributed by atoms with van der Waals surface area (Å²) in [6.07, 6.45) is 0. The summed E-state index contributed by atoms with van der Waals surface area (Å²) in [5, 5.41) is 5.96. The van der Waals surface area contributed by atoms with Gasteiger partial charge in [-0.15, -0.1) is 0 Å². The quantitative estimate of drug-likeness (QED) is 0.878. The zero-order valence-corrected chi connectivity index (χ0v) is 11.7. The molecule has 2 N–H and O–H groups in total. The number of halogens is 2. The number of nitrogens with one attached hydrogen (secondary N) is 2. The van der Waals surface area contributed by atoms with Crippen LogP contribution in [0.15, 0.2) is 42.5 Å². The lowest BCUT2D eigenvalue weighted by atomic mass is 10.2. The molecule has 2 amide bonds. The molecule has 0 unspecified atom stereocenters. The standard InChI is InChI=1S/C15H14ClFN2O/c1-10-13(16)6-3-7-14(10)19-15(20)18-9-11-4-2-5-12(17)8-11/h2-8H,9H2,1H3,(H2,18,19,20). The van der Waals surface area contributed by atoms with E-state index >= 15 is 0 Å². The zero-order chi connectivity index (χ0) is 14.5. The molecular weight excluding hydrogens is 279 g/mol. The molecule has 0 heterocycles. The minimum Gasteiger partial charge on any atom is -0.334 e. The molecule has 2 aromatic carbocycles. The highest BCUT2D eigenvalue weighted by molar-refractivity contribution is 6.31. The van der Waals surface area contributed by atoms with Gasteiger partial charge < -0.3 is 10.6 Å². The van der Waals surface area contributed by atoms with Crippen LogP contribution in [0.3, 0.4) is 0 Å². The summed E-state index contributed by atoms with van der Waals surface area (Å²) >= 11 is 5.97. The lowest BCUT2D eigenvalue weighted by molar-refractivity contribution is 0.251. The summed E-state index contributed by atoms with van der Waals surface area (Å²) in [6, 6.07) is 11.0. The van der Waals surface area contributed by atoms with Crippen molar-refractivity contribution in [2.75, 3.05) is 5.32 Å². The fourth-order valence-electron chi connectivity index (χ4n) is 1.74. The van der Waals surface area contributed by atoms with Gasteiger partial charge in [0.15, 0.2) is 0 Å². The van der Waals surface area contributed by atoms with Crippen LogP contribution < -0.4 is 10.6 Å². The van der Waals surface area contributed by atoms with E-state index in [1.165, 1.54) is 12.1 Å². The number of anilines is 1. The third-order valence-electron chi connectivity index (χ3n) is 2.86. The maximum absolute atomic E-state index is 13.0. The monoisotopic (exact) mass is 292 g/mol. The fraction of sp³-hybridized carbons (Fsp3) is 0.133. The molecule has 0 atom stereocenters. The van der Waals surface area contributed by atoms with E-state index in [9.17, 15) is 9.18 Å². The number of hydrogen-bond acceptors (Lipinski definition) is 1. The summed E-state index contributed by atoms with van der Waals surface area (Å²) in [6.45, 7) is 2.08. The van der Waals surface area contributed by atoms with Crippen LogP contribution in [0.1, 0.15) is 11.1 Å². The predicted octanol–water partition coefficient (Wildman–Crippen LogP) is 4.11. The first-order valence-corrected chi connectivity index (χ1v) is 6.48. The Hall–Kier alpha value is -2.07. The van der Waals surface area contributed by atoms with Crippen LogP contribution in [0.5, 0.6) is 0 Å². The van der Waals surface area contributed by atoms with E-state index in [1.807, 2.05) is 6.92 Å². The molecule has 0 aliphatic heterocycles. The number of rotatable bonds is 3. The Bertz CT molecular complexity index is 631. The normalized spacial score (nSPS) is 10.2. The Balaban J connectivity index is 1.94. The Morgan fingerprint density at radius 2 is 2.00 bits per heavy atom. The summed E-state index contributed by atoms with van der Waals surface area (Å²) in [7, 11) is 0. The third-order valence-corrected chi connectivity index (χ3v) is 3.27. The SMILES string of the molecule is Cc1c(Cl)cccc1NC(=O)NCc1cccc(F)c1. The van der Waals surface area contributed by atoms with E-state index in [0.717, 1.165) is 5.56 Å². The van der Waals surface area contributed by atoms with Gasteiger partial charge in [-0.1, -0.05) is 29.8 Å². The smallest absolute Gasteiger partial charge is 0.319 e. The van der Waals surface area contributed by atoms with Crippen LogP contribution in [0.2, 0.25) is 5.02 Å². The van der Waals surface area contributed by atoms with Crippen molar-refractivity contribution in [1.29, 1.82) is 0 Å². The van der Waals surface area contributed by atoms with E-state index < -0.39 is 0 Å². The molecule has 0 bridgehead atoms. The van der Waals surface area contributed by atoms with Crippen molar-refractivity contribution >= 4 is 23.3 Å². The second-order valence-electron chi connectivity index (χ2n) is 4.35. The number of urea groups is 1. The third kappa shape index (κ3) is 3.71. The second-order valence-corrected chi connectivity index (χ2v) is 4.76. The number of carbonyl (C=O) groups is 1. The summed E-state index contributed by atoms with van der Waals surface area (Å²) < 4.78 is 13.0. The van der Waals surface area contributed by atoms with E-state index in [-0.39, 0.29) is 18.4 Å². The molecule has 2 aromatic rings. The van der Waals surface area contributed by atoms with Crippen LogP contribution >= 0.6 is 11.6 Å². The Morgan fingerprint density at radius 3 is 2.75 bits per heavy atom. The van der Waals surface area contributed by atoms with Gasteiger partial charge in [-0.2, -0.15) is 0 Å². The number of amides is 2. The first kappa shape index (κ1) is 14.3. The Morgan fingerprint density at radius 1 is 1.25 bits per heavy atom. The van der Waals surface area contributed by atoms with Crippen molar-refractivity contribution in [2.24, 2.45) is 0 Å². The van der Waals surface area contributed by atoms with Crippen molar-refractivity contribution in [3.63, 3.8) is 0 Å². The average molecular weight is 293 g/mol. The molecule has 0 aliphatic rings. The zero-order valence-electron chi connectivity index (χ0n) is 10.9. The second kappa shape index (κ2) is 6.39. The Kier molecular flexibility index (Phi) is 4.58. The highest BCUT2D eigenvalue weighted by Gasteiger charge is 2.06. The van der Waals surface area contributed by atoms with Crippen molar-refractivity contribution in [2.45, 2.75) is 13.5 Å². The van der Waals surface area contributed by atoms with Crippen LogP contribution in [-0.4, -0.2) is 6.03 Å². The maximum atomic E-state index is 13.0. The van der Waals surface area contributed by atoms with Crippen molar-refractivity contribution < 1.29 is 9.18 Å². The van der Waals surface area contributed by atoms with Gasteiger partial charge in [0, 0.05) is 17.3 Å². The molecule has 0 spiro atoms. The summed E-state index contributed by atoms with van der Waals surface area (Å²) in [5.74, 6) is -0.324. The molecule has 0 radical (unpaired) electrons. The molecule has 0 aromatic heterocycles. The van der Waals surface area contributed by atoms with Gasteiger partial charge in [-0.25, -0.2) is 9.18 Å². The molecular formula is C15H14ClFN2O. The summed E-state index contributed by atoms with van der Waals surface area (Å²) in [5.41, 5.74) is 2.15. The average Bonchev–Trinajstić information content (AvgIpc) is 2.42. The van der Waals surface area contributed by atoms with Gasteiger partial charge >= 0.3 is 6.03 Å². The maximum Gasteiger partial charge on any atom is 0.319 e. The van der Waals surface area contributed by atoms with E-state index in [2.05, 4.69) is 10.6 Å². The first-order chi connectivity index (χ1) is 9.56. The first-order valence-electron chi connectivity index (χ1n) is 6.10. The van der Waals surface area contributed by atoms with Gasteiger partial charge in [0.1, 0.15) is 5.82 Å². The van der Waals surface area contributed by atoms with Crippen LogP contribution in [0, 0.1) is 12.7 Å². The molecule has 0 saturated carbocycles. The molecule has 0 fully saturated rings. The summed E-state index contributed by atoms with van der Waals surface area (Å²) in [4.78, 5) is 11.8. The van der Waals surface area contributed by atoms with E-state index in [4.69, 9.17) is 11.6 Å². The fourth-order valence-corrected chi connectivity index (χ4v) is 1.91. The molecule has 104 valence electrons. The van der Waals surface area contributed by atoms with Crippen LogP contribution in [-0.2, 0) is 6.54 Å². The highest BCUT2D eigenvalue weighted by Crippen LogP contribution is 2.22. The van der Waals surface area contributed by atoms with Gasteiger partial charge in [0.05, 0.1) is 0 Å². The number of carbonyl (C=O) groups excluding carboxylic acids is 1.